The molecular weight excluding hydrogens is 236 g/mol. The number of benzene rings is 1. The summed E-state index contributed by atoms with van der Waals surface area (Å²) in [6.45, 7) is 6.85. The van der Waals surface area contributed by atoms with E-state index in [9.17, 15) is 0 Å². The van der Waals surface area contributed by atoms with Crippen molar-refractivity contribution < 1.29 is 4.74 Å². The first-order chi connectivity index (χ1) is 8.04. The first-order valence-electron chi connectivity index (χ1n) is 5.83. The van der Waals surface area contributed by atoms with Crippen molar-refractivity contribution in [3.8, 4) is 0 Å². The maximum atomic E-state index is 6.00. The van der Waals surface area contributed by atoms with Crippen molar-refractivity contribution in [3.63, 3.8) is 0 Å². The topological polar surface area (TPSA) is 38.5 Å². The normalized spacial score (nSPS) is 10.9. The molecule has 3 nitrogen and oxygen atoms in total. The van der Waals surface area contributed by atoms with E-state index in [4.69, 9.17) is 22.1 Å². The molecule has 0 fully saturated rings. The minimum absolute atomic E-state index is 0.571. The van der Waals surface area contributed by atoms with E-state index in [2.05, 4.69) is 18.7 Å². The van der Waals surface area contributed by atoms with Crippen molar-refractivity contribution in [2.24, 2.45) is 5.92 Å². The summed E-state index contributed by atoms with van der Waals surface area (Å²) in [6, 6.07) is 5.63. The Hall–Kier alpha value is -0.930. The molecule has 96 valence electrons. The Kier molecular flexibility index (Phi) is 5.59. The van der Waals surface area contributed by atoms with Gasteiger partial charge in [0.2, 0.25) is 0 Å². The molecule has 2 N–H and O–H groups in total. The Morgan fingerprint density at radius 3 is 2.65 bits per heavy atom. The van der Waals surface area contributed by atoms with Crippen molar-refractivity contribution in [2.75, 3.05) is 37.4 Å². The monoisotopic (exact) mass is 256 g/mol. The number of rotatable bonds is 6. The molecule has 0 aliphatic rings. The molecule has 0 saturated carbocycles. The average molecular weight is 257 g/mol. The zero-order valence-corrected chi connectivity index (χ0v) is 11.5. The lowest BCUT2D eigenvalue weighted by atomic mass is 10.1. The smallest absolute Gasteiger partial charge is 0.0637 e. The van der Waals surface area contributed by atoms with E-state index in [-0.39, 0.29) is 0 Å². The Morgan fingerprint density at radius 1 is 1.41 bits per heavy atom. The number of nitrogens with zero attached hydrogens (tertiary/aromatic N) is 1. The van der Waals surface area contributed by atoms with E-state index >= 15 is 0 Å². The van der Waals surface area contributed by atoms with Gasteiger partial charge in [-0.05, 0) is 24.1 Å². The van der Waals surface area contributed by atoms with Crippen molar-refractivity contribution >= 4 is 23.0 Å². The van der Waals surface area contributed by atoms with Gasteiger partial charge < -0.3 is 15.4 Å². The van der Waals surface area contributed by atoms with Gasteiger partial charge in [0.25, 0.3) is 0 Å². The van der Waals surface area contributed by atoms with E-state index in [1.165, 1.54) is 0 Å². The average Bonchev–Trinajstić information content (AvgIpc) is 2.24. The van der Waals surface area contributed by atoms with Crippen molar-refractivity contribution in [1.29, 1.82) is 0 Å². The fourth-order valence-electron chi connectivity index (χ4n) is 1.77. The van der Waals surface area contributed by atoms with Gasteiger partial charge in [0.1, 0.15) is 0 Å². The van der Waals surface area contributed by atoms with Gasteiger partial charge in [0.05, 0.1) is 18.0 Å². The molecule has 17 heavy (non-hydrogen) atoms. The summed E-state index contributed by atoms with van der Waals surface area (Å²) in [5, 5.41) is 0.669. The van der Waals surface area contributed by atoms with Crippen molar-refractivity contribution in [1.82, 2.24) is 0 Å². The number of nitrogen functional groups attached to an aromatic ring is 1. The maximum absolute atomic E-state index is 6.00. The van der Waals surface area contributed by atoms with Crippen LogP contribution < -0.4 is 10.6 Å². The van der Waals surface area contributed by atoms with Gasteiger partial charge in [-0.1, -0.05) is 25.4 Å². The lowest BCUT2D eigenvalue weighted by molar-refractivity contribution is 0.204. The fraction of sp³-hybridized carbons (Fsp3) is 0.538. The zero-order chi connectivity index (χ0) is 12.8. The highest BCUT2D eigenvalue weighted by atomic mass is 35.5. The number of anilines is 2. The molecule has 1 rings (SSSR count). The van der Waals surface area contributed by atoms with Gasteiger partial charge in [-0.2, -0.15) is 0 Å². The van der Waals surface area contributed by atoms with Crippen LogP contribution in [0.1, 0.15) is 13.8 Å². The molecule has 0 bridgehead atoms. The van der Waals surface area contributed by atoms with Gasteiger partial charge in [0, 0.05) is 25.2 Å². The van der Waals surface area contributed by atoms with Gasteiger partial charge in [0.15, 0.2) is 0 Å². The van der Waals surface area contributed by atoms with Crippen LogP contribution in [0.15, 0.2) is 18.2 Å². The third-order valence-corrected chi connectivity index (χ3v) is 2.72. The van der Waals surface area contributed by atoms with Crippen LogP contribution in [0.4, 0.5) is 11.4 Å². The zero-order valence-electron chi connectivity index (χ0n) is 10.7. The van der Waals surface area contributed by atoms with Crippen LogP contribution in [0.5, 0.6) is 0 Å². The minimum atomic E-state index is 0.571. The van der Waals surface area contributed by atoms with Crippen LogP contribution in [0.2, 0.25) is 5.02 Å². The molecule has 0 saturated heterocycles. The summed E-state index contributed by atoms with van der Waals surface area (Å²) in [4.78, 5) is 2.24. The summed E-state index contributed by atoms with van der Waals surface area (Å²) in [5.41, 5.74) is 7.75. The van der Waals surface area contributed by atoms with Crippen LogP contribution in [0.3, 0.4) is 0 Å². The first kappa shape index (κ1) is 14.1. The summed E-state index contributed by atoms with van der Waals surface area (Å²) >= 11 is 5.91. The predicted molar refractivity (Wildman–Crippen MR) is 74.8 cm³/mol. The Balaban J connectivity index is 2.86. The number of hydrogen-bond acceptors (Lipinski definition) is 3. The number of halogens is 1. The second-order valence-corrected chi connectivity index (χ2v) is 4.97. The number of nitrogens with two attached hydrogens (primary N) is 1. The van der Waals surface area contributed by atoms with E-state index < -0.39 is 0 Å². The van der Waals surface area contributed by atoms with E-state index in [1.807, 2.05) is 12.1 Å². The molecule has 4 heteroatoms. The first-order valence-corrected chi connectivity index (χ1v) is 6.21. The molecule has 0 spiro atoms. The standard InChI is InChI=1S/C13H21ClN2O/c1-10(2)9-16(6-7-17-3)13-5-4-11(14)8-12(13)15/h4-5,8,10H,6-7,9,15H2,1-3H3. The van der Waals surface area contributed by atoms with Crippen LogP contribution in [-0.2, 0) is 4.74 Å². The second-order valence-electron chi connectivity index (χ2n) is 4.54. The summed E-state index contributed by atoms with van der Waals surface area (Å²) < 4.78 is 5.13. The molecule has 1 aromatic rings. The van der Waals surface area contributed by atoms with Gasteiger partial charge in [-0.15, -0.1) is 0 Å². The number of hydrogen-bond donors (Lipinski definition) is 1. The molecule has 0 atom stereocenters. The number of methoxy groups -OCH3 is 1. The van der Waals surface area contributed by atoms with E-state index in [0.717, 1.165) is 18.8 Å². The highest BCUT2D eigenvalue weighted by molar-refractivity contribution is 6.31. The SMILES string of the molecule is COCCN(CC(C)C)c1ccc(Cl)cc1N. The van der Waals surface area contributed by atoms with Gasteiger partial charge in [-0.3, -0.25) is 0 Å². The van der Waals surface area contributed by atoms with Crippen LogP contribution in [-0.4, -0.2) is 26.8 Å². The summed E-state index contributed by atoms with van der Waals surface area (Å²) in [6.07, 6.45) is 0. The molecular formula is C13H21ClN2O. The molecule has 0 aromatic heterocycles. The summed E-state index contributed by atoms with van der Waals surface area (Å²) in [5.74, 6) is 0.571. The van der Waals surface area contributed by atoms with Crippen molar-refractivity contribution in [2.45, 2.75) is 13.8 Å². The molecule has 0 aliphatic carbocycles. The minimum Gasteiger partial charge on any atom is -0.397 e. The molecule has 0 amide bonds. The molecule has 0 unspecified atom stereocenters. The lowest BCUT2D eigenvalue weighted by Crippen LogP contribution is -2.31. The largest absolute Gasteiger partial charge is 0.397 e. The third kappa shape index (κ3) is 4.44. The van der Waals surface area contributed by atoms with E-state index in [1.54, 1.807) is 13.2 Å². The quantitative estimate of drug-likeness (QED) is 0.795. The van der Waals surface area contributed by atoms with Crippen LogP contribution in [0, 0.1) is 5.92 Å². The molecule has 0 radical (unpaired) electrons. The highest BCUT2D eigenvalue weighted by Gasteiger charge is 2.11. The molecule has 0 heterocycles. The summed E-state index contributed by atoms with van der Waals surface area (Å²) in [7, 11) is 1.71. The molecule has 1 aromatic carbocycles. The Morgan fingerprint density at radius 2 is 2.12 bits per heavy atom. The highest BCUT2D eigenvalue weighted by Crippen LogP contribution is 2.27. The second kappa shape index (κ2) is 6.72. The van der Waals surface area contributed by atoms with Crippen LogP contribution in [0.25, 0.3) is 0 Å². The predicted octanol–water partition coefficient (Wildman–Crippen LogP) is 3.03. The van der Waals surface area contributed by atoms with E-state index in [0.29, 0.717) is 23.2 Å². The molecule has 0 aliphatic heterocycles. The van der Waals surface area contributed by atoms with Crippen molar-refractivity contribution in [3.05, 3.63) is 23.2 Å². The Bertz CT molecular complexity index is 355. The lowest BCUT2D eigenvalue weighted by Gasteiger charge is -2.27. The van der Waals surface area contributed by atoms with Gasteiger partial charge >= 0.3 is 0 Å². The van der Waals surface area contributed by atoms with Crippen LogP contribution >= 0.6 is 11.6 Å². The Labute approximate surface area is 109 Å². The fourth-order valence-corrected chi connectivity index (χ4v) is 1.95. The third-order valence-electron chi connectivity index (χ3n) is 2.48. The van der Waals surface area contributed by atoms with Gasteiger partial charge in [-0.25, -0.2) is 0 Å². The number of ether oxygens (including phenoxy) is 1. The maximum Gasteiger partial charge on any atom is 0.0637 e.